The fraction of sp³-hybridized carbons (Fsp3) is 0.917. The Morgan fingerprint density at radius 3 is 2.33 bits per heavy atom. The lowest BCUT2D eigenvalue weighted by atomic mass is 9.71. The maximum atomic E-state index is 11.1. The first-order chi connectivity index (χ1) is 6.85. The third-order valence-electron chi connectivity index (χ3n) is 3.56. The average Bonchev–Trinajstić information content (AvgIpc) is 2.16. The highest BCUT2D eigenvalue weighted by atomic mass is 16.5. The minimum atomic E-state index is -0.158. The van der Waals surface area contributed by atoms with Crippen LogP contribution < -0.4 is 0 Å². The van der Waals surface area contributed by atoms with E-state index in [2.05, 4.69) is 32.4 Å². The van der Waals surface area contributed by atoms with E-state index >= 15 is 0 Å². The van der Waals surface area contributed by atoms with Crippen LogP contribution in [0.15, 0.2) is 0 Å². The van der Waals surface area contributed by atoms with Crippen LogP contribution in [0.4, 0.5) is 0 Å². The van der Waals surface area contributed by atoms with Gasteiger partial charge in [-0.1, -0.05) is 27.7 Å². The van der Waals surface area contributed by atoms with Crippen molar-refractivity contribution in [2.24, 2.45) is 17.3 Å². The van der Waals surface area contributed by atoms with Crippen LogP contribution in [0.5, 0.6) is 0 Å². The molecule has 0 fully saturated rings. The molecule has 0 aromatic rings. The van der Waals surface area contributed by atoms with E-state index in [0.717, 1.165) is 6.42 Å². The van der Waals surface area contributed by atoms with Crippen molar-refractivity contribution in [2.45, 2.75) is 40.5 Å². The number of hydrogen-bond acceptors (Lipinski definition) is 3. The van der Waals surface area contributed by atoms with Crippen LogP contribution in [-0.2, 0) is 9.53 Å². The Kier molecular flexibility index (Phi) is 5.88. The zero-order valence-electron chi connectivity index (χ0n) is 10.5. The van der Waals surface area contributed by atoms with E-state index in [0.29, 0.717) is 12.3 Å². The van der Waals surface area contributed by atoms with E-state index in [4.69, 9.17) is 5.11 Å². The molecular formula is C12H24O3. The van der Waals surface area contributed by atoms with E-state index in [1.807, 2.05) is 0 Å². The molecule has 0 saturated heterocycles. The SMILES string of the molecule is COC(=O)C[C@@H](C)[C@@H](C)C(C)(C)CCO. The molecule has 0 unspecified atom stereocenters. The number of esters is 1. The third kappa shape index (κ3) is 4.65. The molecule has 90 valence electrons. The van der Waals surface area contributed by atoms with Gasteiger partial charge < -0.3 is 9.84 Å². The van der Waals surface area contributed by atoms with Crippen molar-refractivity contribution in [3.8, 4) is 0 Å². The number of hydrogen-bond donors (Lipinski definition) is 1. The van der Waals surface area contributed by atoms with Crippen molar-refractivity contribution >= 4 is 5.97 Å². The van der Waals surface area contributed by atoms with Gasteiger partial charge in [-0.15, -0.1) is 0 Å². The molecule has 0 aromatic carbocycles. The molecule has 1 N–H and O–H groups in total. The summed E-state index contributed by atoms with van der Waals surface area (Å²) >= 11 is 0. The van der Waals surface area contributed by atoms with Crippen molar-refractivity contribution in [3.63, 3.8) is 0 Å². The van der Waals surface area contributed by atoms with Crippen molar-refractivity contribution in [3.05, 3.63) is 0 Å². The molecule has 15 heavy (non-hydrogen) atoms. The summed E-state index contributed by atoms with van der Waals surface area (Å²) in [4.78, 5) is 11.1. The van der Waals surface area contributed by atoms with E-state index in [1.165, 1.54) is 7.11 Å². The zero-order chi connectivity index (χ0) is 12.1. The molecule has 0 heterocycles. The fourth-order valence-electron chi connectivity index (χ4n) is 1.81. The second-order valence-corrected chi connectivity index (χ2v) is 5.01. The van der Waals surface area contributed by atoms with Gasteiger partial charge >= 0.3 is 5.97 Å². The number of aliphatic hydroxyl groups is 1. The summed E-state index contributed by atoms with van der Waals surface area (Å²) in [6, 6.07) is 0. The van der Waals surface area contributed by atoms with E-state index in [-0.39, 0.29) is 23.9 Å². The summed E-state index contributed by atoms with van der Waals surface area (Å²) in [6.07, 6.45) is 1.21. The highest BCUT2D eigenvalue weighted by Gasteiger charge is 2.30. The Morgan fingerprint density at radius 1 is 1.40 bits per heavy atom. The minimum Gasteiger partial charge on any atom is -0.469 e. The number of aliphatic hydroxyl groups excluding tert-OH is 1. The van der Waals surface area contributed by atoms with Crippen LogP contribution >= 0.6 is 0 Å². The maximum absolute atomic E-state index is 11.1. The summed E-state index contributed by atoms with van der Waals surface area (Å²) in [6.45, 7) is 8.63. The number of carbonyl (C=O) groups excluding carboxylic acids is 1. The van der Waals surface area contributed by atoms with Crippen molar-refractivity contribution < 1.29 is 14.6 Å². The molecule has 0 aliphatic carbocycles. The molecule has 3 heteroatoms. The summed E-state index contributed by atoms with van der Waals surface area (Å²) < 4.78 is 4.66. The Morgan fingerprint density at radius 2 is 1.93 bits per heavy atom. The normalized spacial score (nSPS) is 15.9. The fourth-order valence-corrected chi connectivity index (χ4v) is 1.81. The molecule has 0 aliphatic rings. The van der Waals surface area contributed by atoms with Gasteiger partial charge in [0.1, 0.15) is 0 Å². The molecule has 0 radical (unpaired) electrons. The number of methoxy groups -OCH3 is 1. The van der Waals surface area contributed by atoms with Crippen molar-refractivity contribution in [1.29, 1.82) is 0 Å². The van der Waals surface area contributed by atoms with Gasteiger partial charge in [0.05, 0.1) is 7.11 Å². The third-order valence-corrected chi connectivity index (χ3v) is 3.56. The summed E-state index contributed by atoms with van der Waals surface area (Å²) in [5, 5.41) is 8.97. The summed E-state index contributed by atoms with van der Waals surface area (Å²) in [7, 11) is 1.42. The minimum absolute atomic E-state index is 0.0577. The standard InChI is InChI=1S/C12H24O3/c1-9(8-11(14)15-5)10(2)12(3,4)6-7-13/h9-10,13H,6-8H2,1-5H3/t9-,10-/m1/s1. The van der Waals surface area contributed by atoms with Crippen LogP contribution in [0.1, 0.15) is 40.5 Å². The summed E-state index contributed by atoms with van der Waals surface area (Å²) in [5.41, 5.74) is 0.0577. The Hall–Kier alpha value is -0.570. The van der Waals surface area contributed by atoms with Gasteiger partial charge in [-0.2, -0.15) is 0 Å². The lowest BCUT2D eigenvalue weighted by Crippen LogP contribution is -2.29. The van der Waals surface area contributed by atoms with Crippen LogP contribution in [0, 0.1) is 17.3 Å². The molecule has 2 atom stereocenters. The maximum Gasteiger partial charge on any atom is 0.305 e. The van der Waals surface area contributed by atoms with Crippen LogP contribution in [0.25, 0.3) is 0 Å². The Bertz CT molecular complexity index is 199. The predicted molar refractivity (Wildman–Crippen MR) is 60.4 cm³/mol. The molecule has 0 aromatic heterocycles. The average molecular weight is 216 g/mol. The monoisotopic (exact) mass is 216 g/mol. The lowest BCUT2D eigenvalue weighted by molar-refractivity contribution is -0.142. The molecule has 0 aliphatic heterocycles. The van der Waals surface area contributed by atoms with Gasteiger partial charge in [-0.25, -0.2) is 0 Å². The molecule has 0 saturated carbocycles. The Balaban J connectivity index is 4.29. The van der Waals surface area contributed by atoms with Gasteiger partial charge in [0.15, 0.2) is 0 Å². The number of ether oxygens (including phenoxy) is 1. The highest BCUT2D eigenvalue weighted by molar-refractivity contribution is 5.69. The second-order valence-electron chi connectivity index (χ2n) is 5.01. The van der Waals surface area contributed by atoms with Gasteiger partial charge in [0.25, 0.3) is 0 Å². The summed E-state index contributed by atoms with van der Waals surface area (Å²) in [5.74, 6) is 0.497. The molecule has 0 spiro atoms. The molecule has 0 bridgehead atoms. The second kappa shape index (κ2) is 6.11. The quantitative estimate of drug-likeness (QED) is 0.693. The van der Waals surface area contributed by atoms with E-state index in [1.54, 1.807) is 0 Å². The van der Waals surface area contributed by atoms with Crippen molar-refractivity contribution in [2.75, 3.05) is 13.7 Å². The molecular weight excluding hydrogens is 192 g/mol. The van der Waals surface area contributed by atoms with E-state index in [9.17, 15) is 4.79 Å². The van der Waals surface area contributed by atoms with Gasteiger partial charge in [0.2, 0.25) is 0 Å². The smallest absolute Gasteiger partial charge is 0.305 e. The molecule has 3 nitrogen and oxygen atoms in total. The Labute approximate surface area is 92.8 Å². The first-order valence-electron chi connectivity index (χ1n) is 5.52. The zero-order valence-corrected chi connectivity index (χ0v) is 10.5. The van der Waals surface area contributed by atoms with Crippen LogP contribution in [-0.4, -0.2) is 24.8 Å². The van der Waals surface area contributed by atoms with Gasteiger partial charge in [0, 0.05) is 13.0 Å². The largest absolute Gasteiger partial charge is 0.469 e. The van der Waals surface area contributed by atoms with Crippen molar-refractivity contribution in [1.82, 2.24) is 0 Å². The number of rotatable bonds is 6. The van der Waals surface area contributed by atoms with Gasteiger partial charge in [-0.3, -0.25) is 4.79 Å². The lowest BCUT2D eigenvalue weighted by Gasteiger charge is -2.35. The number of carbonyl (C=O) groups is 1. The van der Waals surface area contributed by atoms with Crippen LogP contribution in [0.2, 0.25) is 0 Å². The first kappa shape index (κ1) is 14.4. The van der Waals surface area contributed by atoms with Crippen LogP contribution in [0.3, 0.4) is 0 Å². The highest BCUT2D eigenvalue weighted by Crippen LogP contribution is 2.36. The van der Waals surface area contributed by atoms with Gasteiger partial charge in [-0.05, 0) is 23.7 Å². The van der Waals surface area contributed by atoms with E-state index < -0.39 is 0 Å². The molecule has 0 amide bonds. The first-order valence-corrected chi connectivity index (χ1v) is 5.52. The molecule has 0 rings (SSSR count). The topological polar surface area (TPSA) is 46.5 Å². The predicted octanol–water partition coefficient (Wildman–Crippen LogP) is 2.23.